The van der Waals surface area contributed by atoms with Gasteiger partial charge in [-0.3, -0.25) is 4.79 Å². The molecule has 2 heterocycles. The summed E-state index contributed by atoms with van der Waals surface area (Å²) in [5.74, 6) is -0.0911. The van der Waals surface area contributed by atoms with Gasteiger partial charge in [-0.2, -0.15) is 0 Å². The van der Waals surface area contributed by atoms with Crippen molar-refractivity contribution >= 4 is 17.5 Å². The third-order valence-corrected chi connectivity index (χ3v) is 3.90. The first kappa shape index (κ1) is 13.8. The Morgan fingerprint density at radius 3 is 2.70 bits per heavy atom. The average Bonchev–Trinajstić information content (AvgIpc) is 2.97. The molecule has 2 fully saturated rings. The molecule has 6 heteroatoms. The summed E-state index contributed by atoms with van der Waals surface area (Å²) in [6, 6.07) is 6.97. The Morgan fingerprint density at radius 2 is 1.95 bits per heavy atom. The molecule has 5 nitrogen and oxygen atoms in total. The summed E-state index contributed by atoms with van der Waals surface area (Å²) < 4.78 is 10.9. The summed E-state index contributed by atoms with van der Waals surface area (Å²) in [7, 11) is 0. The van der Waals surface area contributed by atoms with Crippen LogP contribution in [0.2, 0.25) is 5.02 Å². The Kier molecular flexibility index (Phi) is 3.94. The third-order valence-electron chi connectivity index (χ3n) is 3.65. The van der Waals surface area contributed by atoms with Crippen LogP contribution in [0.1, 0.15) is 5.56 Å². The zero-order valence-corrected chi connectivity index (χ0v) is 11.5. The highest BCUT2D eigenvalue weighted by atomic mass is 35.5. The van der Waals surface area contributed by atoms with Crippen LogP contribution in [0.4, 0.5) is 0 Å². The van der Waals surface area contributed by atoms with Crippen LogP contribution < -0.4 is 5.32 Å². The lowest BCUT2D eigenvalue weighted by Gasteiger charge is -2.17. The average molecular weight is 298 g/mol. The maximum Gasteiger partial charge on any atom is 0.224 e. The fourth-order valence-corrected chi connectivity index (χ4v) is 2.77. The Morgan fingerprint density at radius 1 is 1.25 bits per heavy atom. The molecule has 0 aromatic heterocycles. The van der Waals surface area contributed by atoms with Crippen molar-refractivity contribution in [3.05, 3.63) is 34.9 Å². The molecule has 108 valence electrons. The van der Waals surface area contributed by atoms with Crippen LogP contribution in [0.15, 0.2) is 24.3 Å². The summed E-state index contributed by atoms with van der Waals surface area (Å²) in [5.41, 5.74) is 0.898. The van der Waals surface area contributed by atoms with Gasteiger partial charge in [0.15, 0.2) is 0 Å². The Hall–Kier alpha value is -1.14. The Labute approximate surface area is 121 Å². The summed E-state index contributed by atoms with van der Waals surface area (Å²) in [4.78, 5) is 12.0. The molecule has 2 aliphatic rings. The molecule has 0 spiro atoms. The zero-order valence-electron chi connectivity index (χ0n) is 10.8. The molecule has 3 rings (SSSR count). The molecule has 0 bridgehead atoms. The molecule has 20 heavy (non-hydrogen) atoms. The van der Waals surface area contributed by atoms with Crippen molar-refractivity contribution in [1.82, 2.24) is 5.32 Å². The summed E-state index contributed by atoms with van der Waals surface area (Å²) in [5, 5.41) is 13.2. The molecule has 2 N–H and O–H groups in total. The number of ether oxygens (including phenoxy) is 2. The van der Waals surface area contributed by atoms with Crippen molar-refractivity contribution in [3.63, 3.8) is 0 Å². The number of fused-ring (bicyclic) bond motifs is 1. The normalized spacial score (nSPS) is 32.1. The van der Waals surface area contributed by atoms with Crippen molar-refractivity contribution in [3.8, 4) is 0 Å². The molecular formula is C14H16ClNO4. The molecule has 4 atom stereocenters. The molecule has 0 aliphatic carbocycles. The number of hydrogen-bond acceptors (Lipinski definition) is 4. The number of aliphatic hydroxyl groups excluding tert-OH is 1. The summed E-state index contributed by atoms with van der Waals surface area (Å²) in [6.07, 6.45) is -0.888. The van der Waals surface area contributed by atoms with Gasteiger partial charge in [0, 0.05) is 5.02 Å². The van der Waals surface area contributed by atoms with Crippen LogP contribution >= 0.6 is 11.6 Å². The van der Waals surface area contributed by atoms with Crippen molar-refractivity contribution in [2.24, 2.45) is 0 Å². The molecule has 0 unspecified atom stereocenters. The first-order valence-corrected chi connectivity index (χ1v) is 6.96. The largest absolute Gasteiger partial charge is 0.388 e. The lowest BCUT2D eigenvalue weighted by atomic mass is 10.1. The van der Waals surface area contributed by atoms with E-state index in [1.807, 2.05) is 12.1 Å². The number of amides is 1. The van der Waals surface area contributed by atoms with Crippen LogP contribution in [0.5, 0.6) is 0 Å². The molecule has 2 aliphatic heterocycles. The first-order valence-electron chi connectivity index (χ1n) is 6.58. The van der Waals surface area contributed by atoms with Gasteiger partial charge in [-0.15, -0.1) is 0 Å². The van der Waals surface area contributed by atoms with Crippen LogP contribution in [-0.2, 0) is 20.7 Å². The van der Waals surface area contributed by atoms with E-state index >= 15 is 0 Å². The highest BCUT2D eigenvalue weighted by Gasteiger charge is 2.47. The molecule has 0 saturated carbocycles. The Balaban J connectivity index is 1.56. The van der Waals surface area contributed by atoms with Crippen molar-refractivity contribution < 1.29 is 19.4 Å². The number of rotatable bonds is 3. The minimum atomic E-state index is -0.599. The van der Waals surface area contributed by atoms with Gasteiger partial charge < -0.3 is 19.9 Å². The van der Waals surface area contributed by atoms with E-state index in [2.05, 4.69) is 5.32 Å². The number of carbonyl (C=O) groups is 1. The van der Waals surface area contributed by atoms with Crippen molar-refractivity contribution in [1.29, 1.82) is 0 Å². The monoisotopic (exact) mass is 297 g/mol. The second kappa shape index (κ2) is 5.69. The standard InChI is InChI=1S/C14H16ClNO4/c15-9-3-1-8(2-4-9)5-12(18)16-10-6-19-14-11(17)7-20-13(10)14/h1-4,10-11,13-14,17H,5-7H2,(H,16,18)/t10-,11-,13-,14-/m1/s1. The van der Waals surface area contributed by atoms with Crippen LogP contribution in [0.25, 0.3) is 0 Å². The smallest absolute Gasteiger partial charge is 0.224 e. The van der Waals surface area contributed by atoms with Crippen molar-refractivity contribution in [2.45, 2.75) is 30.8 Å². The minimum Gasteiger partial charge on any atom is -0.388 e. The minimum absolute atomic E-state index is 0.0911. The number of halogens is 1. The fraction of sp³-hybridized carbons (Fsp3) is 0.500. The Bertz CT molecular complexity index is 492. The lowest BCUT2D eigenvalue weighted by molar-refractivity contribution is -0.121. The van der Waals surface area contributed by atoms with E-state index in [4.69, 9.17) is 21.1 Å². The van der Waals surface area contributed by atoms with E-state index in [1.54, 1.807) is 12.1 Å². The quantitative estimate of drug-likeness (QED) is 0.854. The zero-order chi connectivity index (χ0) is 14.1. The van der Waals surface area contributed by atoms with Gasteiger partial charge in [0.2, 0.25) is 5.91 Å². The maximum atomic E-state index is 12.0. The fourth-order valence-electron chi connectivity index (χ4n) is 2.65. The molecule has 2 saturated heterocycles. The summed E-state index contributed by atoms with van der Waals surface area (Å²) in [6.45, 7) is 0.637. The second-order valence-electron chi connectivity index (χ2n) is 5.14. The topological polar surface area (TPSA) is 67.8 Å². The molecular weight excluding hydrogens is 282 g/mol. The van der Waals surface area contributed by atoms with E-state index in [0.29, 0.717) is 11.6 Å². The molecule has 0 radical (unpaired) electrons. The number of hydrogen-bond donors (Lipinski definition) is 2. The van der Waals surface area contributed by atoms with Crippen molar-refractivity contribution in [2.75, 3.05) is 13.2 Å². The second-order valence-corrected chi connectivity index (χ2v) is 5.58. The molecule has 1 amide bonds. The van der Waals surface area contributed by atoms with Gasteiger partial charge >= 0.3 is 0 Å². The number of nitrogens with one attached hydrogen (secondary N) is 1. The van der Waals surface area contributed by atoms with Crippen LogP contribution in [0.3, 0.4) is 0 Å². The predicted molar refractivity (Wildman–Crippen MR) is 72.6 cm³/mol. The van der Waals surface area contributed by atoms with Gasteiger partial charge in [-0.1, -0.05) is 23.7 Å². The van der Waals surface area contributed by atoms with E-state index in [0.717, 1.165) is 5.56 Å². The number of carbonyl (C=O) groups excluding carboxylic acids is 1. The number of benzene rings is 1. The predicted octanol–water partition coefficient (Wildman–Crippen LogP) is 0.526. The SMILES string of the molecule is O=C(Cc1ccc(Cl)cc1)N[C@@H]1CO[C@H]2[C@@H]1OC[C@H]2O. The molecule has 1 aromatic rings. The number of aliphatic hydroxyl groups is 1. The first-order chi connectivity index (χ1) is 9.63. The van der Waals surface area contributed by atoms with E-state index < -0.39 is 6.10 Å². The van der Waals surface area contributed by atoms with Gasteiger partial charge in [-0.05, 0) is 17.7 Å². The van der Waals surface area contributed by atoms with Crippen LogP contribution in [0, 0.1) is 0 Å². The van der Waals surface area contributed by atoms with Gasteiger partial charge in [0.25, 0.3) is 0 Å². The highest BCUT2D eigenvalue weighted by molar-refractivity contribution is 6.30. The third kappa shape index (κ3) is 2.81. The van der Waals surface area contributed by atoms with E-state index in [1.165, 1.54) is 0 Å². The highest BCUT2D eigenvalue weighted by Crippen LogP contribution is 2.26. The van der Waals surface area contributed by atoms with E-state index in [9.17, 15) is 9.90 Å². The summed E-state index contributed by atoms with van der Waals surface area (Å²) >= 11 is 5.80. The van der Waals surface area contributed by atoms with Crippen LogP contribution in [-0.4, -0.2) is 48.6 Å². The maximum absolute atomic E-state index is 12.0. The van der Waals surface area contributed by atoms with E-state index in [-0.39, 0.29) is 37.2 Å². The van der Waals surface area contributed by atoms with Gasteiger partial charge in [0.1, 0.15) is 18.3 Å². The lowest BCUT2D eigenvalue weighted by Crippen LogP contribution is -2.44. The van der Waals surface area contributed by atoms with Gasteiger partial charge in [0.05, 0.1) is 25.7 Å². The molecule has 1 aromatic carbocycles. The van der Waals surface area contributed by atoms with Gasteiger partial charge in [-0.25, -0.2) is 0 Å².